The van der Waals surface area contributed by atoms with Gasteiger partial charge in [0.25, 0.3) is 5.91 Å². The molecule has 5 nitrogen and oxygen atoms in total. The molecule has 0 fully saturated rings. The van der Waals surface area contributed by atoms with E-state index in [0.717, 1.165) is 0 Å². The van der Waals surface area contributed by atoms with Crippen LogP contribution in [0.3, 0.4) is 0 Å². The predicted molar refractivity (Wildman–Crippen MR) is 132 cm³/mol. The number of benzene rings is 1. The Hall–Kier alpha value is -0.554. The van der Waals surface area contributed by atoms with Crippen LogP contribution in [0.4, 0.5) is 0 Å². The van der Waals surface area contributed by atoms with Crippen molar-refractivity contribution in [3.8, 4) is 16.2 Å². The van der Waals surface area contributed by atoms with E-state index in [0.29, 0.717) is 54.6 Å². The fourth-order valence-electron chi connectivity index (χ4n) is 3.06. The van der Waals surface area contributed by atoms with Crippen LogP contribution in [-0.2, 0) is 0 Å². The maximum atomic E-state index is 12.8. The van der Waals surface area contributed by atoms with Gasteiger partial charge in [0.2, 0.25) is 0 Å². The first-order valence-corrected chi connectivity index (χ1v) is 12.4. The zero-order valence-corrected chi connectivity index (χ0v) is 25.0. The maximum absolute atomic E-state index is 12.8. The van der Waals surface area contributed by atoms with Crippen molar-refractivity contribution in [2.45, 2.75) is 20.8 Å². The maximum Gasteiger partial charge on any atom is 1.00 e. The molecule has 0 aliphatic rings. The summed E-state index contributed by atoms with van der Waals surface area (Å²) in [6.07, 6.45) is 0. The molecule has 3 rings (SSSR count). The van der Waals surface area contributed by atoms with Crippen LogP contribution in [0.5, 0.6) is 5.75 Å². The van der Waals surface area contributed by atoms with Gasteiger partial charge in [-0.25, -0.2) is 0 Å². The number of aliphatic imine (C=N–C) groups is 1. The van der Waals surface area contributed by atoms with Gasteiger partial charge in [-0.05, 0) is 61.5 Å². The average molecular weight is 548 g/mol. The number of carbonyl (C=O) groups is 2. The molecule has 0 bridgehead atoms. The van der Waals surface area contributed by atoms with E-state index in [1.165, 1.54) is 22.7 Å². The number of carbonyl (C=O) groups excluding carboxylic acids is 2. The van der Waals surface area contributed by atoms with Crippen molar-refractivity contribution in [3.05, 3.63) is 61.1 Å². The van der Waals surface area contributed by atoms with Crippen molar-refractivity contribution in [1.29, 1.82) is 0 Å². The smallest absolute Gasteiger partial charge is 0.871 e. The van der Waals surface area contributed by atoms with Crippen LogP contribution < -0.4 is 56.5 Å². The van der Waals surface area contributed by atoms with E-state index in [1.54, 1.807) is 47.5 Å². The molecule has 2 aromatic heterocycles. The van der Waals surface area contributed by atoms with Crippen molar-refractivity contribution in [1.82, 2.24) is 4.90 Å². The Morgan fingerprint density at radius 1 is 1.06 bits per heavy atom. The monoisotopic (exact) mass is 546 g/mol. The molecule has 168 valence electrons. The van der Waals surface area contributed by atoms with Crippen molar-refractivity contribution >= 4 is 63.3 Å². The van der Waals surface area contributed by atoms with Crippen LogP contribution >= 0.6 is 45.9 Å². The first-order valence-electron chi connectivity index (χ1n) is 9.94. The zero-order valence-electron chi connectivity index (χ0n) is 18.8. The zero-order chi connectivity index (χ0) is 23.4. The molecule has 0 unspecified atom stereocenters. The third-order valence-electron chi connectivity index (χ3n) is 4.92. The second-order valence-electron chi connectivity index (χ2n) is 6.90. The van der Waals surface area contributed by atoms with Crippen molar-refractivity contribution < 1.29 is 66.1 Å². The number of rotatable bonds is 8. The minimum atomic E-state index is -0.194. The minimum Gasteiger partial charge on any atom is -0.871 e. The number of nitrogens with zero attached hydrogens (tertiary/aromatic N) is 2. The third-order valence-corrected chi connectivity index (χ3v) is 7.78. The van der Waals surface area contributed by atoms with E-state index in [2.05, 4.69) is 4.99 Å². The Bertz CT molecular complexity index is 1190. The van der Waals surface area contributed by atoms with Crippen LogP contribution in [0.25, 0.3) is 10.4 Å². The number of hydrogen-bond acceptors (Lipinski definition) is 6. The summed E-state index contributed by atoms with van der Waals surface area (Å²) < 4.78 is 0. The minimum absolute atomic E-state index is 0. The van der Waals surface area contributed by atoms with Crippen LogP contribution in [0.2, 0.25) is 10.0 Å². The van der Waals surface area contributed by atoms with Crippen LogP contribution in [0.1, 0.15) is 45.7 Å². The first kappa shape index (κ1) is 28.7. The Labute approximate surface area is 253 Å². The standard InChI is InChI=1S/C23H22Cl2N2O3S2.K/c1-4-27(5-2)23(30)20-9-8-19(32-20)18(28)11-26-13(3)15-12-31-22(21(15)29)14-6-7-16(24)17(25)10-14;/h6-10,12,29H,4-5,11H2,1-3H3;/q;+1/p-1. The van der Waals surface area contributed by atoms with Crippen LogP contribution in [0, 0.1) is 0 Å². The Balaban J connectivity index is 0.00000385. The quantitative estimate of drug-likeness (QED) is 0.247. The van der Waals surface area contributed by atoms with Gasteiger partial charge in [0.05, 0.1) is 19.8 Å². The fraction of sp³-hybridized carbons (Fsp3) is 0.261. The number of halogens is 2. The molecular formula is C23H21Cl2KN2O3S2. The summed E-state index contributed by atoms with van der Waals surface area (Å²) in [6.45, 7) is 6.67. The Morgan fingerprint density at radius 2 is 1.73 bits per heavy atom. The average Bonchev–Trinajstić information content (AvgIpc) is 3.42. The van der Waals surface area contributed by atoms with Gasteiger partial charge >= 0.3 is 51.4 Å². The van der Waals surface area contributed by atoms with Gasteiger partial charge in [0.15, 0.2) is 5.78 Å². The molecule has 10 heteroatoms. The van der Waals surface area contributed by atoms with E-state index in [-0.39, 0.29) is 75.4 Å². The summed E-state index contributed by atoms with van der Waals surface area (Å²) in [5.41, 5.74) is 1.63. The number of Topliss-reactive ketones (excluding diaryl/α,β-unsaturated/α-hetero) is 1. The van der Waals surface area contributed by atoms with Gasteiger partial charge < -0.3 is 10.0 Å². The van der Waals surface area contributed by atoms with E-state index in [1.807, 2.05) is 13.8 Å². The van der Waals surface area contributed by atoms with Gasteiger partial charge in [-0.1, -0.05) is 35.0 Å². The van der Waals surface area contributed by atoms with Crippen LogP contribution in [-0.4, -0.2) is 41.9 Å². The summed E-state index contributed by atoms with van der Waals surface area (Å²) in [5.74, 6) is -0.437. The van der Waals surface area contributed by atoms with Crippen LogP contribution in [0.15, 0.2) is 40.7 Å². The summed E-state index contributed by atoms with van der Waals surface area (Å²) in [5, 5.41) is 15.4. The SMILES string of the molecule is CCN(CC)C(=O)c1ccc(C(=O)CN=C(C)c2csc(-c3ccc(Cl)c(Cl)c3)c2[O-])s1.[K+]. The number of amides is 1. The van der Waals surface area contributed by atoms with Gasteiger partial charge in [-0.2, -0.15) is 0 Å². The summed E-state index contributed by atoms with van der Waals surface area (Å²) >= 11 is 14.5. The number of thiophene rings is 2. The molecule has 1 amide bonds. The Morgan fingerprint density at radius 3 is 2.36 bits per heavy atom. The number of hydrogen-bond donors (Lipinski definition) is 0. The second-order valence-corrected chi connectivity index (χ2v) is 9.68. The molecule has 3 aromatic rings. The molecule has 0 radical (unpaired) electrons. The first-order chi connectivity index (χ1) is 15.3. The van der Waals surface area contributed by atoms with E-state index < -0.39 is 0 Å². The molecular weight excluding hydrogens is 526 g/mol. The Kier molecular flexibility index (Phi) is 11.3. The van der Waals surface area contributed by atoms with Crippen molar-refractivity contribution in [3.63, 3.8) is 0 Å². The molecule has 0 saturated heterocycles. The van der Waals surface area contributed by atoms with Crippen molar-refractivity contribution in [2.75, 3.05) is 19.6 Å². The topological polar surface area (TPSA) is 72.8 Å². The molecule has 1 aromatic carbocycles. The largest absolute Gasteiger partial charge is 1.00 e. The van der Waals surface area contributed by atoms with Gasteiger partial charge in [-0.15, -0.1) is 22.7 Å². The fourth-order valence-corrected chi connectivity index (χ4v) is 5.25. The molecule has 0 spiro atoms. The van der Waals surface area contributed by atoms with Crippen molar-refractivity contribution in [2.24, 2.45) is 4.99 Å². The molecule has 0 atom stereocenters. The molecule has 33 heavy (non-hydrogen) atoms. The molecule has 0 aliphatic heterocycles. The predicted octanol–water partition coefficient (Wildman–Crippen LogP) is 3.03. The van der Waals surface area contributed by atoms with Gasteiger partial charge in [0.1, 0.15) is 6.54 Å². The molecule has 0 saturated carbocycles. The normalized spacial score (nSPS) is 11.2. The number of ketones is 1. The molecule has 2 heterocycles. The van der Waals surface area contributed by atoms with Gasteiger partial charge in [0, 0.05) is 23.7 Å². The van der Waals surface area contributed by atoms with E-state index in [4.69, 9.17) is 23.2 Å². The molecule has 0 aliphatic carbocycles. The van der Waals surface area contributed by atoms with E-state index >= 15 is 0 Å². The second kappa shape index (κ2) is 12.9. The molecule has 0 N–H and O–H groups in total. The summed E-state index contributed by atoms with van der Waals surface area (Å²) in [4.78, 5) is 32.6. The van der Waals surface area contributed by atoms with E-state index in [9.17, 15) is 14.7 Å². The third kappa shape index (κ3) is 6.77. The summed E-state index contributed by atoms with van der Waals surface area (Å²) in [6, 6.07) is 8.38. The summed E-state index contributed by atoms with van der Waals surface area (Å²) in [7, 11) is 0. The van der Waals surface area contributed by atoms with Gasteiger partial charge in [-0.3, -0.25) is 14.6 Å².